The maximum absolute atomic E-state index is 11.8. The summed E-state index contributed by atoms with van der Waals surface area (Å²) in [5, 5.41) is 0. The highest BCUT2D eigenvalue weighted by Crippen LogP contribution is 2.17. The number of aromatic amines is 1. The Morgan fingerprint density at radius 3 is 2.33 bits per heavy atom. The van der Waals surface area contributed by atoms with Crippen molar-refractivity contribution in [3.8, 4) is 0 Å². The topological polar surface area (TPSA) is 45.8 Å². The number of nitrogens with one attached hydrogen (secondary N) is 1. The number of aromatic nitrogens is 2. The maximum atomic E-state index is 11.8. The summed E-state index contributed by atoms with van der Waals surface area (Å²) < 4.78 is 0. The molecule has 1 unspecified atom stereocenters. The predicted octanol–water partition coefficient (Wildman–Crippen LogP) is 2.72. The van der Waals surface area contributed by atoms with Gasteiger partial charge in [0.25, 0.3) is 5.56 Å². The molecule has 0 spiro atoms. The quantitative estimate of drug-likeness (QED) is 0.830. The van der Waals surface area contributed by atoms with Gasteiger partial charge in [-0.15, -0.1) is 0 Å². The van der Waals surface area contributed by atoms with E-state index in [1.54, 1.807) is 0 Å². The van der Waals surface area contributed by atoms with Gasteiger partial charge in [-0.1, -0.05) is 27.7 Å². The normalized spacial score (nSPS) is 13.2. The summed E-state index contributed by atoms with van der Waals surface area (Å²) in [7, 11) is 0. The third-order valence-electron chi connectivity index (χ3n) is 2.82. The molecule has 84 valence electrons. The molecule has 0 aromatic carbocycles. The van der Waals surface area contributed by atoms with Crippen molar-refractivity contribution < 1.29 is 0 Å². The maximum Gasteiger partial charge on any atom is 0.254 e. The molecular formula is C12H20N2O. The zero-order chi connectivity index (χ0) is 11.6. The van der Waals surface area contributed by atoms with Gasteiger partial charge in [0.15, 0.2) is 0 Å². The molecule has 0 saturated carbocycles. The molecule has 0 amide bonds. The van der Waals surface area contributed by atoms with E-state index in [1.807, 2.05) is 20.8 Å². The van der Waals surface area contributed by atoms with Gasteiger partial charge < -0.3 is 4.98 Å². The van der Waals surface area contributed by atoms with Gasteiger partial charge in [-0.25, -0.2) is 4.98 Å². The van der Waals surface area contributed by atoms with Crippen LogP contribution in [0.4, 0.5) is 0 Å². The Bertz CT molecular complexity index is 393. The molecule has 0 aliphatic heterocycles. The van der Waals surface area contributed by atoms with Crippen LogP contribution < -0.4 is 5.56 Å². The number of aryl methyl sites for hydroxylation is 1. The zero-order valence-corrected chi connectivity index (χ0v) is 10.2. The Morgan fingerprint density at radius 2 is 1.93 bits per heavy atom. The van der Waals surface area contributed by atoms with Crippen LogP contribution in [-0.4, -0.2) is 9.97 Å². The second kappa shape index (κ2) is 4.60. The predicted molar refractivity (Wildman–Crippen MR) is 62.4 cm³/mol. The third-order valence-corrected chi connectivity index (χ3v) is 2.82. The molecule has 1 aromatic heterocycles. The number of hydrogen-bond acceptors (Lipinski definition) is 2. The first-order chi connectivity index (χ1) is 6.97. The van der Waals surface area contributed by atoms with Crippen LogP contribution in [0.3, 0.4) is 0 Å². The minimum atomic E-state index is 0.0211. The highest BCUT2D eigenvalue weighted by atomic mass is 16.1. The number of hydrogen-bond donors (Lipinski definition) is 1. The molecule has 1 atom stereocenters. The lowest BCUT2D eigenvalue weighted by molar-refractivity contribution is 0.660. The SMILES string of the molecule is CCC(C)c1nc(C)c(C(C)C)c(=O)[nH]1. The lowest BCUT2D eigenvalue weighted by Gasteiger charge is -2.12. The van der Waals surface area contributed by atoms with Crippen LogP contribution in [0.2, 0.25) is 0 Å². The van der Waals surface area contributed by atoms with Crippen molar-refractivity contribution in [3.05, 3.63) is 27.4 Å². The highest BCUT2D eigenvalue weighted by Gasteiger charge is 2.13. The molecule has 0 aliphatic rings. The van der Waals surface area contributed by atoms with Crippen molar-refractivity contribution in [2.45, 2.75) is 52.9 Å². The van der Waals surface area contributed by atoms with Gasteiger partial charge in [-0.2, -0.15) is 0 Å². The Hall–Kier alpha value is -1.12. The average molecular weight is 208 g/mol. The van der Waals surface area contributed by atoms with Crippen molar-refractivity contribution in [1.29, 1.82) is 0 Å². The van der Waals surface area contributed by atoms with Crippen LogP contribution in [-0.2, 0) is 0 Å². The lowest BCUT2D eigenvalue weighted by Crippen LogP contribution is -2.21. The first-order valence-electron chi connectivity index (χ1n) is 5.58. The van der Waals surface area contributed by atoms with Crippen LogP contribution >= 0.6 is 0 Å². The van der Waals surface area contributed by atoms with E-state index in [1.165, 1.54) is 0 Å². The lowest BCUT2D eigenvalue weighted by atomic mass is 10.0. The molecule has 1 N–H and O–H groups in total. The molecule has 3 heteroatoms. The van der Waals surface area contributed by atoms with Crippen LogP contribution in [0, 0.1) is 6.92 Å². The van der Waals surface area contributed by atoms with E-state index in [0.717, 1.165) is 23.5 Å². The van der Waals surface area contributed by atoms with Crippen molar-refractivity contribution in [2.75, 3.05) is 0 Å². The van der Waals surface area contributed by atoms with E-state index in [9.17, 15) is 4.79 Å². The van der Waals surface area contributed by atoms with E-state index in [4.69, 9.17) is 0 Å². The summed E-state index contributed by atoms with van der Waals surface area (Å²) in [6, 6.07) is 0. The molecule has 1 aromatic rings. The van der Waals surface area contributed by atoms with Gasteiger partial charge >= 0.3 is 0 Å². The van der Waals surface area contributed by atoms with E-state index >= 15 is 0 Å². The molecule has 1 rings (SSSR count). The molecule has 0 saturated heterocycles. The zero-order valence-electron chi connectivity index (χ0n) is 10.2. The molecule has 15 heavy (non-hydrogen) atoms. The average Bonchev–Trinajstić information content (AvgIpc) is 2.14. The largest absolute Gasteiger partial charge is 0.310 e. The minimum absolute atomic E-state index is 0.0211. The molecule has 0 aliphatic carbocycles. The number of nitrogens with zero attached hydrogens (tertiary/aromatic N) is 1. The second-order valence-corrected chi connectivity index (χ2v) is 4.41. The smallest absolute Gasteiger partial charge is 0.254 e. The fourth-order valence-corrected chi connectivity index (χ4v) is 1.72. The van der Waals surface area contributed by atoms with Gasteiger partial charge in [0.2, 0.25) is 0 Å². The molecule has 0 fully saturated rings. The molecule has 0 radical (unpaired) electrons. The van der Waals surface area contributed by atoms with Crippen LogP contribution in [0.25, 0.3) is 0 Å². The number of H-pyrrole nitrogens is 1. The fourth-order valence-electron chi connectivity index (χ4n) is 1.72. The summed E-state index contributed by atoms with van der Waals surface area (Å²) in [5.41, 5.74) is 1.69. The van der Waals surface area contributed by atoms with Crippen molar-refractivity contribution in [2.24, 2.45) is 0 Å². The molecule has 0 bridgehead atoms. The Morgan fingerprint density at radius 1 is 1.33 bits per heavy atom. The van der Waals surface area contributed by atoms with Crippen LogP contribution in [0.5, 0.6) is 0 Å². The summed E-state index contributed by atoms with van der Waals surface area (Å²) in [5.74, 6) is 1.36. The summed E-state index contributed by atoms with van der Waals surface area (Å²) in [6.45, 7) is 10.1. The molecular weight excluding hydrogens is 188 g/mol. The summed E-state index contributed by atoms with van der Waals surface area (Å²) in [4.78, 5) is 19.2. The van der Waals surface area contributed by atoms with Gasteiger partial charge in [0.1, 0.15) is 5.82 Å². The fraction of sp³-hybridized carbons (Fsp3) is 0.667. The second-order valence-electron chi connectivity index (χ2n) is 4.41. The number of rotatable bonds is 3. The van der Waals surface area contributed by atoms with Crippen molar-refractivity contribution in [3.63, 3.8) is 0 Å². The molecule has 3 nitrogen and oxygen atoms in total. The Kier molecular flexibility index (Phi) is 3.66. The highest BCUT2D eigenvalue weighted by molar-refractivity contribution is 5.20. The first kappa shape index (κ1) is 12.0. The van der Waals surface area contributed by atoms with Crippen LogP contribution in [0.1, 0.15) is 63.0 Å². The van der Waals surface area contributed by atoms with Gasteiger partial charge in [-0.3, -0.25) is 4.79 Å². The van der Waals surface area contributed by atoms with Crippen molar-refractivity contribution in [1.82, 2.24) is 9.97 Å². The van der Waals surface area contributed by atoms with E-state index < -0.39 is 0 Å². The monoisotopic (exact) mass is 208 g/mol. The van der Waals surface area contributed by atoms with Gasteiger partial charge in [-0.05, 0) is 19.3 Å². The Labute approximate surface area is 91.0 Å². The standard InChI is InChI=1S/C12H20N2O/c1-6-8(4)11-13-9(5)10(7(2)3)12(15)14-11/h7-8H,6H2,1-5H3,(H,13,14,15). The first-order valence-corrected chi connectivity index (χ1v) is 5.58. The summed E-state index contributed by atoms with van der Waals surface area (Å²) >= 11 is 0. The molecule has 1 heterocycles. The van der Waals surface area contributed by atoms with Crippen molar-refractivity contribution >= 4 is 0 Å². The van der Waals surface area contributed by atoms with Gasteiger partial charge in [0, 0.05) is 17.2 Å². The van der Waals surface area contributed by atoms with Crippen LogP contribution in [0.15, 0.2) is 4.79 Å². The van der Waals surface area contributed by atoms with E-state index in [-0.39, 0.29) is 11.5 Å². The summed E-state index contributed by atoms with van der Waals surface area (Å²) in [6.07, 6.45) is 0.989. The third kappa shape index (κ3) is 2.46. The Balaban J connectivity index is 3.26. The van der Waals surface area contributed by atoms with Gasteiger partial charge in [0.05, 0.1) is 0 Å². The van der Waals surface area contributed by atoms with E-state index in [2.05, 4.69) is 23.8 Å². The van der Waals surface area contributed by atoms with E-state index in [0.29, 0.717) is 5.92 Å². The minimum Gasteiger partial charge on any atom is -0.310 e.